The molecular weight excluding hydrogens is 316 g/mol. The number of pyridine rings is 1. The molecule has 0 aliphatic carbocycles. The highest BCUT2D eigenvalue weighted by molar-refractivity contribution is 7.29. The first kappa shape index (κ1) is 14.9. The Morgan fingerprint density at radius 1 is 1.36 bits per heavy atom. The van der Waals surface area contributed by atoms with E-state index in [1.807, 2.05) is 44.1 Å². The van der Waals surface area contributed by atoms with Crippen LogP contribution in [0.4, 0.5) is 5.13 Å². The lowest BCUT2D eigenvalue weighted by Gasteiger charge is -2.12. The first-order chi connectivity index (χ1) is 10.5. The van der Waals surface area contributed by atoms with Crippen molar-refractivity contribution in [2.45, 2.75) is 13.0 Å². The molecule has 5 nitrogen and oxygen atoms in total. The summed E-state index contributed by atoms with van der Waals surface area (Å²) >= 11 is 3.02. The lowest BCUT2D eigenvalue weighted by Crippen LogP contribution is -2.25. The lowest BCUT2D eigenvalue weighted by molar-refractivity contribution is 0.0944. The van der Waals surface area contributed by atoms with Crippen molar-refractivity contribution in [3.05, 3.63) is 41.0 Å². The van der Waals surface area contributed by atoms with Gasteiger partial charge in [-0.25, -0.2) is 4.98 Å². The third-order valence-corrected chi connectivity index (χ3v) is 5.54. The molecular formula is C15H16N4OS2. The number of aromatic nitrogens is 2. The second kappa shape index (κ2) is 6.02. The van der Waals surface area contributed by atoms with Crippen LogP contribution in [0.3, 0.4) is 0 Å². The number of hydrogen-bond acceptors (Lipinski definition) is 6. The predicted molar refractivity (Wildman–Crippen MR) is 91.9 cm³/mol. The molecule has 1 N–H and O–H groups in total. The van der Waals surface area contributed by atoms with Crippen LogP contribution in [0.15, 0.2) is 30.6 Å². The number of carbonyl (C=O) groups is 1. The normalized spacial score (nSPS) is 12.3. The standard InChI is InChI=1S/C15H16N4OS2/c1-9(10-5-4-6-16-8-10)17-13(20)11-7-12-14(21-11)18-15(22-12)19(2)3/h4-9H,1-3H3,(H,17,20)/t9-/m0/s1. The zero-order valence-electron chi connectivity index (χ0n) is 12.5. The van der Waals surface area contributed by atoms with Crippen LogP contribution < -0.4 is 10.2 Å². The number of thiazole rings is 1. The molecule has 0 aliphatic rings. The van der Waals surface area contributed by atoms with Gasteiger partial charge in [-0.1, -0.05) is 17.4 Å². The minimum Gasteiger partial charge on any atom is -0.354 e. The van der Waals surface area contributed by atoms with Gasteiger partial charge in [-0.2, -0.15) is 0 Å². The maximum absolute atomic E-state index is 12.4. The summed E-state index contributed by atoms with van der Waals surface area (Å²) in [6.07, 6.45) is 3.49. The lowest BCUT2D eigenvalue weighted by atomic mass is 10.1. The molecule has 0 aromatic carbocycles. The first-order valence-corrected chi connectivity index (χ1v) is 8.46. The molecule has 1 atom stereocenters. The summed E-state index contributed by atoms with van der Waals surface area (Å²) in [5.41, 5.74) is 0.988. The molecule has 114 valence electrons. The molecule has 0 saturated carbocycles. The molecule has 0 fully saturated rings. The molecule has 1 amide bonds. The molecule has 3 aromatic heterocycles. The maximum atomic E-state index is 12.4. The van der Waals surface area contributed by atoms with Crippen molar-refractivity contribution >= 4 is 43.2 Å². The van der Waals surface area contributed by atoms with E-state index in [1.54, 1.807) is 23.7 Å². The van der Waals surface area contributed by atoms with Crippen molar-refractivity contribution in [3.63, 3.8) is 0 Å². The summed E-state index contributed by atoms with van der Waals surface area (Å²) in [6.45, 7) is 1.95. The number of thiophene rings is 1. The monoisotopic (exact) mass is 332 g/mol. The van der Waals surface area contributed by atoms with Crippen LogP contribution in [0.25, 0.3) is 9.53 Å². The van der Waals surface area contributed by atoms with E-state index in [4.69, 9.17) is 0 Å². The van der Waals surface area contributed by atoms with Crippen LogP contribution >= 0.6 is 22.7 Å². The Balaban J connectivity index is 1.76. The molecule has 0 bridgehead atoms. The van der Waals surface area contributed by atoms with Gasteiger partial charge in [0.2, 0.25) is 0 Å². The van der Waals surface area contributed by atoms with Crippen molar-refractivity contribution in [2.75, 3.05) is 19.0 Å². The third-order valence-electron chi connectivity index (χ3n) is 3.22. The molecule has 0 radical (unpaired) electrons. The minimum atomic E-state index is -0.0772. The van der Waals surface area contributed by atoms with E-state index in [0.717, 1.165) is 20.2 Å². The molecule has 22 heavy (non-hydrogen) atoms. The van der Waals surface area contributed by atoms with Crippen LogP contribution in [0.5, 0.6) is 0 Å². The average molecular weight is 332 g/mol. The van der Waals surface area contributed by atoms with Crippen molar-refractivity contribution in [1.29, 1.82) is 0 Å². The zero-order chi connectivity index (χ0) is 15.7. The SMILES string of the molecule is C[C@H](NC(=O)c1cc2sc(N(C)C)nc2s1)c1cccnc1. The Morgan fingerprint density at radius 2 is 2.18 bits per heavy atom. The van der Waals surface area contributed by atoms with Crippen LogP contribution in [0.1, 0.15) is 28.2 Å². The van der Waals surface area contributed by atoms with Gasteiger partial charge < -0.3 is 10.2 Å². The Kier molecular flexibility index (Phi) is 4.08. The van der Waals surface area contributed by atoms with E-state index in [-0.39, 0.29) is 11.9 Å². The van der Waals surface area contributed by atoms with E-state index < -0.39 is 0 Å². The summed E-state index contributed by atoms with van der Waals surface area (Å²) in [7, 11) is 3.93. The summed E-state index contributed by atoms with van der Waals surface area (Å²) in [6, 6.07) is 5.66. The van der Waals surface area contributed by atoms with Gasteiger partial charge in [-0.3, -0.25) is 9.78 Å². The number of rotatable bonds is 4. The molecule has 0 spiro atoms. The highest BCUT2D eigenvalue weighted by atomic mass is 32.1. The smallest absolute Gasteiger partial charge is 0.261 e. The van der Waals surface area contributed by atoms with Crippen LogP contribution in [0.2, 0.25) is 0 Å². The third kappa shape index (κ3) is 2.95. The largest absolute Gasteiger partial charge is 0.354 e. The molecule has 7 heteroatoms. The van der Waals surface area contributed by atoms with Gasteiger partial charge in [0.1, 0.15) is 4.83 Å². The molecule has 3 aromatic rings. The summed E-state index contributed by atoms with van der Waals surface area (Å²) < 4.78 is 1.05. The number of anilines is 1. The summed E-state index contributed by atoms with van der Waals surface area (Å²) in [4.78, 5) is 24.5. The summed E-state index contributed by atoms with van der Waals surface area (Å²) in [5.74, 6) is -0.0713. The molecule has 0 aliphatic heterocycles. The van der Waals surface area contributed by atoms with E-state index in [0.29, 0.717) is 4.88 Å². The molecule has 0 saturated heterocycles. The molecule has 3 rings (SSSR count). The van der Waals surface area contributed by atoms with Gasteiger partial charge >= 0.3 is 0 Å². The molecule has 3 heterocycles. The van der Waals surface area contributed by atoms with Crippen molar-refractivity contribution < 1.29 is 4.79 Å². The number of amides is 1. The van der Waals surface area contributed by atoms with E-state index >= 15 is 0 Å². The van der Waals surface area contributed by atoms with Gasteiger partial charge in [0.25, 0.3) is 5.91 Å². The van der Waals surface area contributed by atoms with Crippen LogP contribution in [-0.2, 0) is 0 Å². The predicted octanol–water partition coefficient (Wildman–Crippen LogP) is 3.31. The Hall–Kier alpha value is -1.99. The van der Waals surface area contributed by atoms with Gasteiger partial charge in [0.05, 0.1) is 15.6 Å². The van der Waals surface area contributed by atoms with Crippen molar-refractivity contribution in [1.82, 2.24) is 15.3 Å². The Morgan fingerprint density at radius 3 is 2.82 bits per heavy atom. The minimum absolute atomic E-state index is 0.0713. The summed E-state index contributed by atoms with van der Waals surface area (Å²) in [5, 5.41) is 3.95. The number of hydrogen-bond donors (Lipinski definition) is 1. The molecule has 0 unspecified atom stereocenters. The topological polar surface area (TPSA) is 58.1 Å². The van der Waals surface area contributed by atoms with Gasteiger partial charge in [0, 0.05) is 26.5 Å². The van der Waals surface area contributed by atoms with E-state index in [1.165, 1.54) is 11.3 Å². The number of nitrogens with zero attached hydrogens (tertiary/aromatic N) is 3. The highest BCUT2D eigenvalue weighted by Crippen LogP contribution is 2.34. The number of fused-ring (bicyclic) bond motifs is 1. The first-order valence-electron chi connectivity index (χ1n) is 6.83. The fraction of sp³-hybridized carbons (Fsp3) is 0.267. The van der Waals surface area contributed by atoms with Crippen LogP contribution in [0, 0.1) is 0 Å². The fourth-order valence-corrected chi connectivity index (χ4v) is 4.05. The second-order valence-electron chi connectivity index (χ2n) is 5.15. The van der Waals surface area contributed by atoms with Crippen LogP contribution in [-0.4, -0.2) is 30.0 Å². The van der Waals surface area contributed by atoms with Gasteiger partial charge in [-0.15, -0.1) is 11.3 Å². The van der Waals surface area contributed by atoms with E-state index in [2.05, 4.69) is 15.3 Å². The highest BCUT2D eigenvalue weighted by Gasteiger charge is 2.16. The number of carbonyl (C=O) groups excluding carboxylic acids is 1. The van der Waals surface area contributed by atoms with E-state index in [9.17, 15) is 4.79 Å². The van der Waals surface area contributed by atoms with Crippen molar-refractivity contribution in [3.8, 4) is 0 Å². The quantitative estimate of drug-likeness (QED) is 0.796. The Bertz CT molecular complexity index is 763. The van der Waals surface area contributed by atoms with Crippen molar-refractivity contribution in [2.24, 2.45) is 0 Å². The fourth-order valence-electron chi connectivity index (χ4n) is 2.01. The average Bonchev–Trinajstić information content (AvgIpc) is 3.06. The number of nitrogens with one attached hydrogen (secondary N) is 1. The second-order valence-corrected chi connectivity index (χ2v) is 7.19. The maximum Gasteiger partial charge on any atom is 0.261 e. The van der Waals surface area contributed by atoms with Gasteiger partial charge in [-0.05, 0) is 24.6 Å². The Labute approximate surface area is 136 Å². The zero-order valence-corrected chi connectivity index (χ0v) is 14.2. The van der Waals surface area contributed by atoms with Gasteiger partial charge in [0.15, 0.2) is 5.13 Å².